The normalized spacial score (nSPS) is 10.6. The third kappa shape index (κ3) is 1.02. The SMILES string of the molecule is Cc1nc2cccc(C(=O)O)n2c1N. The van der Waals surface area contributed by atoms with E-state index in [1.807, 2.05) is 0 Å². The molecule has 0 saturated heterocycles. The molecular weight excluding hydrogens is 182 g/mol. The maximum Gasteiger partial charge on any atom is 0.352 e. The summed E-state index contributed by atoms with van der Waals surface area (Å²) in [5, 5.41) is 8.91. The molecule has 0 fully saturated rings. The lowest BCUT2D eigenvalue weighted by atomic mass is 10.3. The minimum Gasteiger partial charge on any atom is -0.477 e. The van der Waals surface area contributed by atoms with Crippen LogP contribution >= 0.6 is 0 Å². The smallest absolute Gasteiger partial charge is 0.352 e. The van der Waals surface area contributed by atoms with Crippen LogP contribution in [0.3, 0.4) is 0 Å². The van der Waals surface area contributed by atoms with E-state index >= 15 is 0 Å². The van der Waals surface area contributed by atoms with E-state index in [4.69, 9.17) is 10.8 Å². The second-order valence-electron chi connectivity index (χ2n) is 2.99. The molecule has 0 aliphatic heterocycles. The molecule has 0 amide bonds. The Morgan fingerprint density at radius 3 is 2.93 bits per heavy atom. The maximum atomic E-state index is 10.9. The van der Waals surface area contributed by atoms with Crippen molar-refractivity contribution in [3.63, 3.8) is 0 Å². The molecule has 5 heteroatoms. The molecule has 0 saturated carbocycles. The molecule has 5 nitrogen and oxygen atoms in total. The minimum absolute atomic E-state index is 0.126. The highest BCUT2D eigenvalue weighted by molar-refractivity contribution is 5.87. The molecule has 2 rings (SSSR count). The number of aromatic nitrogens is 2. The first-order valence-corrected chi connectivity index (χ1v) is 4.08. The summed E-state index contributed by atoms with van der Waals surface area (Å²) < 4.78 is 1.43. The van der Waals surface area contributed by atoms with Crippen LogP contribution in [0.5, 0.6) is 0 Å². The Balaban J connectivity index is 2.91. The standard InChI is InChI=1S/C9H9N3O2/c1-5-8(10)12-6(9(13)14)3-2-4-7(12)11-5/h2-4H,10H2,1H3,(H,13,14). The topological polar surface area (TPSA) is 80.6 Å². The van der Waals surface area contributed by atoms with Gasteiger partial charge in [-0.15, -0.1) is 0 Å². The van der Waals surface area contributed by atoms with Crippen LogP contribution in [0.1, 0.15) is 16.2 Å². The van der Waals surface area contributed by atoms with Crippen molar-refractivity contribution in [3.05, 3.63) is 29.6 Å². The van der Waals surface area contributed by atoms with Crippen molar-refractivity contribution in [1.82, 2.24) is 9.38 Å². The highest BCUT2D eigenvalue weighted by Crippen LogP contribution is 2.16. The van der Waals surface area contributed by atoms with Gasteiger partial charge in [0, 0.05) is 0 Å². The zero-order chi connectivity index (χ0) is 10.3. The van der Waals surface area contributed by atoms with Crippen molar-refractivity contribution in [2.24, 2.45) is 0 Å². The third-order valence-electron chi connectivity index (χ3n) is 2.08. The van der Waals surface area contributed by atoms with Crippen LogP contribution in [-0.2, 0) is 0 Å². The minimum atomic E-state index is -1.01. The first-order chi connectivity index (χ1) is 6.61. The van der Waals surface area contributed by atoms with Gasteiger partial charge in [-0.25, -0.2) is 9.78 Å². The van der Waals surface area contributed by atoms with Crippen molar-refractivity contribution in [1.29, 1.82) is 0 Å². The Morgan fingerprint density at radius 2 is 2.29 bits per heavy atom. The Bertz CT molecular complexity index is 516. The lowest BCUT2D eigenvalue weighted by Crippen LogP contribution is -2.06. The number of hydrogen-bond donors (Lipinski definition) is 2. The number of aryl methyl sites for hydroxylation is 1. The second kappa shape index (κ2) is 2.73. The van der Waals surface area contributed by atoms with E-state index in [0.717, 1.165) is 0 Å². The summed E-state index contributed by atoms with van der Waals surface area (Å²) >= 11 is 0. The molecule has 3 N–H and O–H groups in total. The average Bonchev–Trinajstić information content (AvgIpc) is 2.43. The van der Waals surface area contributed by atoms with Crippen molar-refractivity contribution < 1.29 is 9.90 Å². The predicted molar refractivity (Wildman–Crippen MR) is 51.3 cm³/mol. The van der Waals surface area contributed by atoms with Gasteiger partial charge in [-0.2, -0.15) is 0 Å². The molecule has 0 aliphatic carbocycles. The first-order valence-electron chi connectivity index (χ1n) is 4.08. The lowest BCUT2D eigenvalue weighted by molar-refractivity contribution is 0.0689. The van der Waals surface area contributed by atoms with E-state index in [1.165, 1.54) is 10.5 Å². The number of carbonyl (C=O) groups is 1. The third-order valence-corrected chi connectivity index (χ3v) is 2.08. The van der Waals surface area contributed by atoms with Crippen molar-refractivity contribution in [2.45, 2.75) is 6.92 Å². The molecule has 2 aromatic heterocycles. The average molecular weight is 191 g/mol. The van der Waals surface area contributed by atoms with Gasteiger partial charge in [-0.05, 0) is 19.1 Å². The second-order valence-corrected chi connectivity index (χ2v) is 2.99. The van der Waals surface area contributed by atoms with Crippen molar-refractivity contribution >= 4 is 17.4 Å². The molecule has 0 bridgehead atoms. The summed E-state index contributed by atoms with van der Waals surface area (Å²) in [6.45, 7) is 1.74. The number of aromatic carboxylic acids is 1. The summed E-state index contributed by atoms with van der Waals surface area (Å²) in [6.07, 6.45) is 0. The summed E-state index contributed by atoms with van der Waals surface area (Å²) in [5.74, 6) is -0.641. The quantitative estimate of drug-likeness (QED) is 0.702. The summed E-state index contributed by atoms with van der Waals surface area (Å²) in [5.41, 5.74) is 7.03. The number of hydrogen-bond acceptors (Lipinski definition) is 3. The number of carboxylic acids is 1. The number of nitrogen functional groups attached to an aromatic ring is 1. The van der Waals surface area contributed by atoms with Crippen LogP contribution in [0, 0.1) is 6.92 Å². The van der Waals surface area contributed by atoms with Gasteiger partial charge in [0.1, 0.15) is 17.2 Å². The molecule has 2 aromatic rings. The summed E-state index contributed by atoms with van der Waals surface area (Å²) in [6, 6.07) is 4.85. The lowest BCUT2D eigenvalue weighted by Gasteiger charge is -2.01. The van der Waals surface area contributed by atoms with Crippen LogP contribution in [-0.4, -0.2) is 20.5 Å². The molecule has 0 radical (unpaired) electrons. The first kappa shape index (κ1) is 8.55. The van der Waals surface area contributed by atoms with Crippen LogP contribution in [0.15, 0.2) is 18.2 Å². The molecule has 0 atom stereocenters. The molecule has 0 spiro atoms. The van der Waals surface area contributed by atoms with Crippen LogP contribution in [0.25, 0.3) is 5.65 Å². The molecule has 72 valence electrons. The van der Waals surface area contributed by atoms with Crippen LogP contribution in [0.2, 0.25) is 0 Å². The Morgan fingerprint density at radius 1 is 1.57 bits per heavy atom. The van der Waals surface area contributed by atoms with Gasteiger partial charge in [0.15, 0.2) is 0 Å². The summed E-state index contributed by atoms with van der Waals surface area (Å²) in [7, 11) is 0. The van der Waals surface area contributed by atoms with Gasteiger partial charge >= 0.3 is 5.97 Å². The van der Waals surface area contributed by atoms with E-state index in [-0.39, 0.29) is 5.69 Å². The number of imidazole rings is 1. The number of anilines is 1. The number of rotatable bonds is 1. The fourth-order valence-electron chi connectivity index (χ4n) is 1.40. The number of nitrogens with two attached hydrogens (primary N) is 1. The largest absolute Gasteiger partial charge is 0.477 e. The van der Waals surface area contributed by atoms with Crippen LogP contribution in [0.4, 0.5) is 5.82 Å². The number of fused-ring (bicyclic) bond motifs is 1. The van der Waals surface area contributed by atoms with E-state index in [9.17, 15) is 4.79 Å². The van der Waals surface area contributed by atoms with Crippen LogP contribution < -0.4 is 5.73 Å². The van der Waals surface area contributed by atoms with E-state index in [0.29, 0.717) is 17.2 Å². The molecule has 0 unspecified atom stereocenters. The zero-order valence-electron chi connectivity index (χ0n) is 7.56. The summed E-state index contributed by atoms with van der Waals surface area (Å²) in [4.78, 5) is 15.0. The molecule has 0 aliphatic rings. The maximum absolute atomic E-state index is 10.9. The molecule has 2 heterocycles. The van der Waals surface area contributed by atoms with Gasteiger partial charge < -0.3 is 10.8 Å². The highest BCUT2D eigenvalue weighted by Gasteiger charge is 2.12. The fourth-order valence-corrected chi connectivity index (χ4v) is 1.40. The van der Waals surface area contributed by atoms with Gasteiger partial charge in [-0.3, -0.25) is 4.40 Å². The number of nitrogens with zero attached hydrogens (tertiary/aromatic N) is 2. The van der Waals surface area contributed by atoms with E-state index in [2.05, 4.69) is 4.98 Å². The monoisotopic (exact) mass is 191 g/mol. The van der Waals surface area contributed by atoms with Crippen molar-refractivity contribution in [2.75, 3.05) is 5.73 Å². The highest BCUT2D eigenvalue weighted by atomic mass is 16.4. The van der Waals surface area contributed by atoms with E-state index in [1.54, 1.807) is 19.1 Å². The molecule has 14 heavy (non-hydrogen) atoms. The van der Waals surface area contributed by atoms with Gasteiger partial charge in [-0.1, -0.05) is 6.07 Å². The zero-order valence-corrected chi connectivity index (χ0v) is 7.56. The predicted octanol–water partition coefficient (Wildman–Crippen LogP) is 0.923. The van der Waals surface area contributed by atoms with Gasteiger partial charge in [0.05, 0.1) is 5.69 Å². The van der Waals surface area contributed by atoms with Gasteiger partial charge in [0.25, 0.3) is 0 Å². The Kier molecular flexibility index (Phi) is 1.67. The van der Waals surface area contributed by atoms with Crippen molar-refractivity contribution in [3.8, 4) is 0 Å². The van der Waals surface area contributed by atoms with Gasteiger partial charge in [0.2, 0.25) is 0 Å². The fraction of sp³-hybridized carbons (Fsp3) is 0.111. The van der Waals surface area contributed by atoms with E-state index < -0.39 is 5.97 Å². The Hall–Kier alpha value is -2.04. The number of carboxylic acid groups (broad SMARTS) is 1. The number of pyridine rings is 1. The molecule has 0 aromatic carbocycles. The molecular formula is C9H9N3O2. The Labute approximate surface area is 79.8 Å².